The second kappa shape index (κ2) is 7.56. The molecule has 0 saturated carbocycles. The fourth-order valence-corrected chi connectivity index (χ4v) is 5.15. The third-order valence-electron chi connectivity index (χ3n) is 5.89. The van der Waals surface area contributed by atoms with Gasteiger partial charge in [-0.05, 0) is 30.4 Å². The second-order valence-electron chi connectivity index (χ2n) is 7.92. The van der Waals surface area contributed by atoms with E-state index in [1.807, 2.05) is 0 Å². The molecular formula is C22H28N3OS+. The van der Waals surface area contributed by atoms with Gasteiger partial charge in [0.1, 0.15) is 17.9 Å². The average molecular weight is 383 g/mol. The van der Waals surface area contributed by atoms with Crippen LogP contribution in [0.25, 0.3) is 10.2 Å². The van der Waals surface area contributed by atoms with E-state index in [0.29, 0.717) is 5.92 Å². The van der Waals surface area contributed by atoms with Gasteiger partial charge in [0.15, 0.2) is 5.82 Å². The number of hydrogen-bond donors (Lipinski definition) is 2. The van der Waals surface area contributed by atoms with Crippen LogP contribution in [-0.4, -0.2) is 16.5 Å². The summed E-state index contributed by atoms with van der Waals surface area (Å²) in [5.74, 6) is 1.40. The molecule has 1 aliphatic heterocycles. The van der Waals surface area contributed by atoms with Crippen molar-refractivity contribution in [1.29, 1.82) is 0 Å². The molecule has 1 unspecified atom stereocenters. The summed E-state index contributed by atoms with van der Waals surface area (Å²) in [6, 6.07) is 8.68. The Bertz CT molecular complexity index is 1020. The van der Waals surface area contributed by atoms with E-state index in [2.05, 4.69) is 50.0 Å². The van der Waals surface area contributed by atoms with Crippen molar-refractivity contribution in [2.45, 2.75) is 53.1 Å². The van der Waals surface area contributed by atoms with Crippen molar-refractivity contribution in [1.82, 2.24) is 9.97 Å². The molecule has 0 fully saturated rings. The molecule has 5 heteroatoms. The van der Waals surface area contributed by atoms with Crippen molar-refractivity contribution in [3.63, 3.8) is 0 Å². The Kier molecular flexibility index (Phi) is 5.15. The number of quaternary nitrogens is 1. The first kappa shape index (κ1) is 18.4. The molecule has 0 amide bonds. The van der Waals surface area contributed by atoms with Crippen LogP contribution in [0.5, 0.6) is 0 Å². The molecule has 2 atom stereocenters. The van der Waals surface area contributed by atoms with Gasteiger partial charge in [0.2, 0.25) is 0 Å². The van der Waals surface area contributed by atoms with Gasteiger partial charge in [0.25, 0.3) is 5.56 Å². The lowest BCUT2D eigenvalue weighted by atomic mass is 9.98. The van der Waals surface area contributed by atoms with Gasteiger partial charge >= 0.3 is 0 Å². The average Bonchev–Trinajstić information content (AvgIpc) is 2.97. The highest BCUT2D eigenvalue weighted by molar-refractivity contribution is 7.18. The molecule has 27 heavy (non-hydrogen) atoms. The highest BCUT2D eigenvalue weighted by Crippen LogP contribution is 2.29. The summed E-state index contributed by atoms with van der Waals surface area (Å²) in [4.78, 5) is 24.4. The Morgan fingerprint density at radius 3 is 2.85 bits per heavy atom. The third kappa shape index (κ3) is 3.71. The number of hydrogen-bond acceptors (Lipinski definition) is 3. The summed E-state index contributed by atoms with van der Waals surface area (Å²) in [5, 5.41) is 0.820. The Balaban J connectivity index is 1.60. The van der Waals surface area contributed by atoms with Crippen molar-refractivity contribution in [3.05, 3.63) is 62.0 Å². The van der Waals surface area contributed by atoms with E-state index in [0.717, 1.165) is 54.9 Å². The lowest BCUT2D eigenvalue weighted by Gasteiger charge is -2.25. The third-order valence-corrected chi connectivity index (χ3v) is 6.93. The Morgan fingerprint density at radius 2 is 2.07 bits per heavy atom. The lowest BCUT2D eigenvalue weighted by molar-refractivity contribution is -0.930. The summed E-state index contributed by atoms with van der Waals surface area (Å²) < 4.78 is 0. The molecule has 0 radical (unpaired) electrons. The number of nitrogens with zero attached hydrogens (tertiary/aromatic N) is 1. The molecule has 4 rings (SSSR count). The van der Waals surface area contributed by atoms with Crippen molar-refractivity contribution < 1.29 is 4.90 Å². The van der Waals surface area contributed by atoms with Crippen LogP contribution in [0.15, 0.2) is 29.1 Å². The molecule has 2 N–H and O–H groups in total. The van der Waals surface area contributed by atoms with Crippen LogP contribution in [0, 0.1) is 12.8 Å². The van der Waals surface area contributed by atoms with Gasteiger partial charge in [-0.25, -0.2) is 4.98 Å². The van der Waals surface area contributed by atoms with Gasteiger partial charge in [-0.15, -0.1) is 11.3 Å². The largest absolute Gasteiger partial charge is 0.325 e. The topological polar surface area (TPSA) is 50.2 Å². The van der Waals surface area contributed by atoms with Crippen LogP contribution >= 0.6 is 11.3 Å². The van der Waals surface area contributed by atoms with Crippen LogP contribution in [0.1, 0.15) is 47.7 Å². The maximum atomic E-state index is 12.8. The fourth-order valence-electron chi connectivity index (χ4n) is 4.07. The standard InChI is InChI=1S/C22H27N3OS/c1-4-14(2)11-18-15(3)27-22-20(18)21(26)23-19(24-22)13-25-10-9-16-7-5-6-8-17(16)12-25/h5-8,14H,4,9-13H2,1-3H3,(H,23,24,26)/p+1/t14-/m0/s1. The zero-order valence-electron chi connectivity index (χ0n) is 16.4. The number of nitrogens with one attached hydrogen (secondary N) is 2. The van der Waals surface area contributed by atoms with Gasteiger partial charge < -0.3 is 9.88 Å². The first-order chi connectivity index (χ1) is 13.0. The molecular weight excluding hydrogens is 354 g/mol. The first-order valence-corrected chi connectivity index (χ1v) is 10.8. The van der Waals surface area contributed by atoms with Crippen molar-refractivity contribution in [3.8, 4) is 0 Å². The zero-order valence-corrected chi connectivity index (χ0v) is 17.2. The molecule has 4 nitrogen and oxygen atoms in total. The van der Waals surface area contributed by atoms with Gasteiger partial charge in [0, 0.05) is 16.9 Å². The highest BCUT2D eigenvalue weighted by atomic mass is 32.1. The van der Waals surface area contributed by atoms with E-state index in [-0.39, 0.29) is 5.56 Å². The predicted octanol–water partition coefficient (Wildman–Crippen LogP) is 3.02. The van der Waals surface area contributed by atoms with E-state index < -0.39 is 0 Å². The van der Waals surface area contributed by atoms with Gasteiger partial charge in [0.05, 0.1) is 11.9 Å². The van der Waals surface area contributed by atoms with Crippen LogP contribution in [0.2, 0.25) is 0 Å². The predicted molar refractivity (Wildman–Crippen MR) is 112 cm³/mol. The minimum atomic E-state index is 0.0365. The Hall–Kier alpha value is -1.98. The molecule has 1 aliphatic rings. The first-order valence-electron chi connectivity index (χ1n) is 9.96. The molecule has 142 valence electrons. The number of thiophene rings is 1. The van der Waals surface area contributed by atoms with E-state index in [1.54, 1.807) is 11.3 Å². The summed E-state index contributed by atoms with van der Waals surface area (Å²) in [7, 11) is 0. The van der Waals surface area contributed by atoms with Crippen LogP contribution < -0.4 is 10.5 Å². The molecule has 3 aromatic rings. The van der Waals surface area contributed by atoms with Gasteiger partial charge in [-0.2, -0.15) is 0 Å². The molecule has 0 aliphatic carbocycles. The molecule has 0 bridgehead atoms. The number of H-pyrrole nitrogens is 1. The van der Waals surface area contributed by atoms with E-state index in [1.165, 1.54) is 26.5 Å². The maximum Gasteiger partial charge on any atom is 0.260 e. The summed E-state index contributed by atoms with van der Waals surface area (Å²) in [6.45, 7) is 9.43. The van der Waals surface area contributed by atoms with Crippen LogP contribution in [0.3, 0.4) is 0 Å². The van der Waals surface area contributed by atoms with E-state index >= 15 is 0 Å². The molecule has 1 aromatic carbocycles. The van der Waals surface area contributed by atoms with Crippen molar-refractivity contribution in [2.75, 3.05) is 6.54 Å². The summed E-state index contributed by atoms with van der Waals surface area (Å²) >= 11 is 1.67. The van der Waals surface area contributed by atoms with Crippen LogP contribution in [0.4, 0.5) is 0 Å². The van der Waals surface area contributed by atoms with E-state index in [4.69, 9.17) is 4.98 Å². The molecule has 0 saturated heterocycles. The van der Waals surface area contributed by atoms with E-state index in [9.17, 15) is 4.79 Å². The number of aromatic amines is 1. The van der Waals surface area contributed by atoms with Crippen LogP contribution in [-0.2, 0) is 25.9 Å². The van der Waals surface area contributed by atoms with Crippen molar-refractivity contribution >= 4 is 21.6 Å². The number of aryl methyl sites for hydroxylation is 1. The summed E-state index contributed by atoms with van der Waals surface area (Å²) in [5.41, 5.74) is 4.12. The molecule has 0 spiro atoms. The number of rotatable bonds is 5. The highest BCUT2D eigenvalue weighted by Gasteiger charge is 2.22. The van der Waals surface area contributed by atoms with Gasteiger partial charge in [-0.1, -0.05) is 44.5 Å². The SMILES string of the molecule is CC[C@H](C)Cc1c(C)sc2nc(C[NH+]3CCc4ccccc4C3)[nH]c(=O)c12. The number of benzene rings is 1. The fraction of sp³-hybridized carbons (Fsp3) is 0.455. The van der Waals surface area contributed by atoms with Gasteiger partial charge in [-0.3, -0.25) is 4.79 Å². The monoisotopic (exact) mass is 382 g/mol. The lowest BCUT2D eigenvalue weighted by Crippen LogP contribution is -3.10. The Labute approximate surface area is 164 Å². The second-order valence-corrected chi connectivity index (χ2v) is 9.12. The number of fused-ring (bicyclic) bond motifs is 2. The molecule has 3 heterocycles. The normalized spacial score (nSPS) is 17.8. The number of aromatic nitrogens is 2. The smallest absolute Gasteiger partial charge is 0.260 e. The minimum absolute atomic E-state index is 0.0365. The maximum absolute atomic E-state index is 12.8. The Morgan fingerprint density at radius 1 is 1.30 bits per heavy atom. The molecule has 2 aromatic heterocycles. The summed E-state index contributed by atoms with van der Waals surface area (Å²) in [6.07, 6.45) is 3.18. The zero-order chi connectivity index (χ0) is 19.0. The minimum Gasteiger partial charge on any atom is -0.325 e. The van der Waals surface area contributed by atoms with Crippen molar-refractivity contribution in [2.24, 2.45) is 5.92 Å². The quantitative estimate of drug-likeness (QED) is 0.713.